The van der Waals surface area contributed by atoms with Gasteiger partial charge in [0.25, 0.3) is 0 Å². The number of ether oxygens (including phenoxy) is 1. The van der Waals surface area contributed by atoms with Gasteiger partial charge in [-0.1, -0.05) is 18.2 Å². The highest BCUT2D eigenvalue weighted by atomic mass is 19.4. The van der Waals surface area contributed by atoms with Crippen molar-refractivity contribution in [2.45, 2.75) is 39.0 Å². The van der Waals surface area contributed by atoms with Crippen LogP contribution in [0, 0.1) is 11.3 Å². The number of urea groups is 1. The quantitative estimate of drug-likeness (QED) is 0.345. The predicted molar refractivity (Wildman–Crippen MR) is 136 cm³/mol. The molecule has 0 fully saturated rings. The summed E-state index contributed by atoms with van der Waals surface area (Å²) in [5.74, 6) is -0.687. The summed E-state index contributed by atoms with van der Waals surface area (Å²) in [6, 6.07) is 11.5. The zero-order valence-corrected chi connectivity index (χ0v) is 21.4. The van der Waals surface area contributed by atoms with Crippen molar-refractivity contribution in [2.24, 2.45) is 0 Å². The molecular formula is C28H26F3N5O3. The molecule has 4 rings (SSSR count). The maximum Gasteiger partial charge on any atom is 0.416 e. The van der Waals surface area contributed by atoms with Crippen molar-refractivity contribution in [3.63, 3.8) is 0 Å². The second kappa shape index (κ2) is 11.4. The van der Waals surface area contributed by atoms with E-state index in [1.54, 1.807) is 49.9 Å². The number of esters is 1. The Balaban J connectivity index is 1.85. The Bertz CT molecular complexity index is 1410. The minimum absolute atomic E-state index is 0.0213. The molecule has 8 nitrogen and oxygen atoms in total. The number of benzene rings is 2. The van der Waals surface area contributed by atoms with Gasteiger partial charge in [-0.15, -0.1) is 0 Å². The average molecular weight is 538 g/mol. The monoisotopic (exact) mass is 537 g/mol. The summed E-state index contributed by atoms with van der Waals surface area (Å²) in [7, 11) is 0. The van der Waals surface area contributed by atoms with Crippen LogP contribution in [0.2, 0.25) is 0 Å². The van der Waals surface area contributed by atoms with Crippen LogP contribution in [0.3, 0.4) is 0 Å². The summed E-state index contributed by atoms with van der Waals surface area (Å²) < 4.78 is 47.8. The number of anilines is 1. The van der Waals surface area contributed by atoms with E-state index in [2.05, 4.69) is 4.98 Å². The number of halogens is 3. The van der Waals surface area contributed by atoms with Gasteiger partial charge in [-0.2, -0.15) is 18.4 Å². The van der Waals surface area contributed by atoms with Crippen LogP contribution in [0.1, 0.15) is 43.0 Å². The number of hydrogen-bond donors (Lipinski definition) is 0. The third-order valence-electron chi connectivity index (χ3n) is 6.40. The third-order valence-corrected chi connectivity index (χ3v) is 6.40. The summed E-state index contributed by atoms with van der Waals surface area (Å²) in [5.41, 5.74) is 0.318. The standard InChI is InChI=1S/C28H26F3N5O3/c1-3-39-26(37)24-19(2)36(23-7-4-6-22(16-23)28(29,30)31)27(38)35(14-5-13-34-15-12-33-18-34)25(24)21-10-8-20(17-32)9-11-21/h4,6-12,15-16,18,25H,3,5,13-14H2,1-2H3. The lowest BCUT2D eigenvalue weighted by atomic mass is 9.92. The van der Waals surface area contributed by atoms with Gasteiger partial charge in [0, 0.05) is 31.2 Å². The van der Waals surface area contributed by atoms with E-state index in [0.29, 0.717) is 24.1 Å². The molecule has 3 aromatic rings. The fourth-order valence-electron chi connectivity index (χ4n) is 4.60. The van der Waals surface area contributed by atoms with Crippen LogP contribution in [-0.2, 0) is 22.3 Å². The highest BCUT2D eigenvalue weighted by Gasteiger charge is 2.43. The highest BCUT2D eigenvalue weighted by Crippen LogP contribution is 2.41. The van der Waals surface area contributed by atoms with Crippen LogP contribution >= 0.6 is 0 Å². The minimum atomic E-state index is -4.62. The highest BCUT2D eigenvalue weighted by molar-refractivity contribution is 6.03. The maximum atomic E-state index is 14.0. The fourth-order valence-corrected chi connectivity index (χ4v) is 4.60. The summed E-state index contributed by atoms with van der Waals surface area (Å²) >= 11 is 0. The first-order chi connectivity index (χ1) is 18.7. The number of nitriles is 1. The van der Waals surface area contributed by atoms with Crippen molar-refractivity contribution in [3.8, 4) is 6.07 Å². The number of carbonyl (C=O) groups excluding carboxylic acids is 2. The van der Waals surface area contributed by atoms with Crippen LogP contribution in [0.15, 0.2) is 78.5 Å². The summed E-state index contributed by atoms with van der Waals surface area (Å²) in [5, 5.41) is 9.24. The number of aromatic nitrogens is 2. The van der Waals surface area contributed by atoms with E-state index in [-0.39, 0.29) is 30.1 Å². The van der Waals surface area contributed by atoms with E-state index in [0.717, 1.165) is 17.0 Å². The van der Waals surface area contributed by atoms with Gasteiger partial charge in [0.2, 0.25) is 0 Å². The second-order valence-corrected chi connectivity index (χ2v) is 8.87. The zero-order valence-electron chi connectivity index (χ0n) is 21.4. The van der Waals surface area contributed by atoms with Crippen molar-refractivity contribution in [1.29, 1.82) is 5.26 Å². The van der Waals surface area contributed by atoms with Crippen molar-refractivity contribution in [1.82, 2.24) is 14.5 Å². The molecule has 0 bridgehead atoms. The van der Waals surface area contributed by atoms with Gasteiger partial charge in [0.15, 0.2) is 0 Å². The van der Waals surface area contributed by atoms with E-state index in [4.69, 9.17) is 4.74 Å². The molecule has 2 heterocycles. The van der Waals surface area contributed by atoms with Crippen LogP contribution < -0.4 is 4.90 Å². The smallest absolute Gasteiger partial charge is 0.416 e. The number of rotatable bonds is 8. The van der Waals surface area contributed by atoms with Crippen molar-refractivity contribution < 1.29 is 27.5 Å². The Morgan fingerprint density at radius 2 is 1.90 bits per heavy atom. The fraction of sp³-hybridized carbons (Fsp3) is 0.286. The molecule has 2 amide bonds. The molecule has 0 radical (unpaired) electrons. The molecule has 2 aromatic carbocycles. The van der Waals surface area contributed by atoms with Crippen LogP contribution in [0.4, 0.5) is 23.7 Å². The van der Waals surface area contributed by atoms with Gasteiger partial charge in [-0.25, -0.2) is 14.6 Å². The Labute approximate surface area is 223 Å². The lowest BCUT2D eigenvalue weighted by Crippen LogP contribution is -2.51. The molecule has 202 valence electrons. The minimum Gasteiger partial charge on any atom is -0.463 e. The van der Waals surface area contributed by atoms with Crippen molar-refractivity contribution in [2.75, 3.05) is 18.1 Å². The van der Waals surface area contributed by atoms with Gasteiger partial charge >= 0.3 is 18.2 Å². The van der Waals surface area contributed by atoms with Crippen molar-refractivity contribution >= 4 is 17.7 Å². The first-order valence-corrected chi connectivity index (χ1v) is 12.3. The van der Waals surface area contributed by atoms with E-state index in [1.807, 2.05) is 10.6 Å². The zero-order chi connectivity index (χ0) is 28.2. The molecule has 0 spiro atoms. The molecule has 1 aliphatic heterocycles. The molecule has 1 aromatic heterocycles. The molecule has 0 aliphatic carbocycles. The predicted octanol–water partition coefficient (Wildman–Crippen LogP) is 5.68. The van der Waals surface area contributed by atoms with Crippen molar-refractivity contribution in [3.05, 3.63) is 95.2 Å². The first kappa shape index (κ1) is 27.4. The summed E-state index contributed by atoms with van der Waals surface area (Å²) in [4.78, 5) is 34.0. The van der Waals surface area contributed by atoms with E-state index < -0.39 is 29.8 Å². The molecule has 39 heavy (non-hydrogen) atoms. The van der Waals surface area contributed by atoms with Crippen LogP contribution in [0.5, 0.6) is 0 Å². The lowest BCUT2D eigenvalue weighted by Gasteiger charge is -2.43. The molecule has 1 atom stereocenters. The van der Waals surface area contributed by atoms with E-state index in [1.165, 1.54) is 24.0 Å². The Morgan fingerprint density at radius 1 is 1.15 bits per heavy atom. The number of aryl methyl sites for hydroxylation is 1. The number of imidazole rings is 1. The third kappa shape index (κ3) is 5.80. The molecule has 11 heteroatoms. The van der Waals surface area contributed by atoms with Gasteiger partial charge in [0.05, 0.1) is 47.4 Å². The number of carbonyl (C=O) groups is 2. The average Bonchev–Trinajstić information content (AvgIpc) is 3.43. The Kier molecular flexibility index (Phi) is 8.04. The number of allylic oxidation sites excluding steroid dienone is 1. The number of hydrogen-bond acceptors (Lipinski definition) is 5. The number of alkyl halides is 3. The van der Waals surface area contributed by atoms with Gasteiger partial charge < -0.3 is 14.2 Å². The topological polar surface area (TPSA) is 91.5 Å². The van der Waals surface area contributed by atoms with Gasteiger partial charge in [-0.3, -0.25) is 4.90 Å². The molecule has 0 N–H and O–H groups in total. The Morgan fingerprint density at radius 3 is 2.51 bits per heavy atom. The molecule has 0 saturated carbocycles. The number of nitrogens with zero attached hydrogens (tertiary/aromatic N) is 5. The van der Waals surface area contributed by atoms with E-state index >= 15 is 0 Å². The largest absolute Gasteiger partial charge is 0.463 e. The normalized spacial score (nSPS) is 15.9. The second-order valence-electron chi connectivity index (χ2n) is 8.87. The maximum absolute atomic E-state index is 14.0. The van der Waals surface area contributed by atoms with E-state index in [9.17, 15) is 28.0 Å². The lowest BCUT2D eigenvalue weighted by molar-refractivity contribution is -0.139. The molecule has 0 saturated heterocycles. The number of amides is 2. The first-order valence-electron chi connectivity index (χ1n) is 12.3. The molecular weight excluding hydrogens is 511 g/mol. The summed E-state index contributed by atoms with van der Waals surface area (Å²) in [6.45, 7) is 3.92. The summed E-state index contributed by atoms with van der Waals surface area (Å²) in [6.07, 6.45) is 0.899. The van der Waals surface area contributed by atoms with Crippen LogP contribution in [0.25, 0.3) is 0 Å². The molecule has 1 unspecified atom stereocenters. The SMILES string of the molecule is CCOC(=O)C1=C(C)N(c2cccc(C(F)(F)F)c2)C(=O)N(CCCn2ccnc2)C1c1ccc(C#N)cc1. The van der Waals surface area contributed by atoms with Crippen LogP contribution in [-0.4, -0.2) is 39.6 Å². The van der Waals surface area contributed by atoms with Gasteiger partial charge in [-0.05, 0) is 56.2 Å². The molecule has 1 aliphatic rings. The van der Waals surface area contributed by atoms with Gasteiger partial charge in [0.1, 0.15) is 0 Å². The Hall–Kier alpha value is -4.59.